The van der Waals surface area contributed by atoms with Gasteiger partial charge in [0.1, 0.15) is 0 Å². The van der Waals surface area contributed by atoms with Crippen LogP contribution in [0.4, 0.5) is 0 Å². The molecule has 1 heterocycles. The molecule has 72 valence electrons. The maximum atomic E-state index is 3.82. The third-order valence-electron chi connectivity index (χ3n) is 2.50. The average Bonchev–Trinajstić information content (AvgIpc) is 2.51. The van der Waals surface area contributed by atoms with Crippen molar-refractivity contribution >= 4 is 6.08 Å². The molecule has 0 aliphatic heterocycles. The number of nitrogens with zero attached hydrogens (tertiary/aromatic N) is 1. The fraction of sp³-hybridized carbons (Fsp3) is 0.500. The first-order chi connectivity index (χ1) is 6.11. The van der Waals surface area contributed by atoms with Crippen molar-refractivity contribution in [2.24, 2.45) is 0 Å². The maximum absolute atomic E-state index is 3.82. The zero-order valence-corrected chi connectivity index (χ0v) is 8.88. The standard InChI is InChI=1S/C12H19N/c1-5-9-12(3,4)13-10-7-8-11(13)6-2/h6-8,10H,2,5,9H2,1,3-4H3. The topological polar surface area (TPSA) is 4.93 Å². The Labute approximate surface area is 81.1 Å². The molecule has 0 radical (unpaired) electrons. The van der Waals surface area contributed by atoms with E-state index < -0.39 is 0 Å². The summed E-state index contributed by atoms with van der Waals surface area (Å²) >= 11 is 0. The van der Waals surface area contributed by atoms with Gasteiger partial charge in [-0.2, -0.15) is 0 Å². The largest absolute Gasteiger partial charge is 0.342 e. The summed E-state index contributed by atoms with van der Waals surface area (Å²) in [5.74, 6) is 0. The Balaban J connectivity index is 2.98. The third-order valence-corrected chi connectivity index (χ3v) is 2.50. The first-order valence-corrected chi connectivity index (χ1v) is 4.92. The van der Waals surface area contributed by atoms with E-state index in [1.165, 1.54) is 18.5 Å². The Morgan fingerprint density at radius 1 is 1.54 bits per heavy atom. The quantitative estimate of drug-likeness (QED) is 0.661. The molecule has 13 heavy (non-hydrogen) atoms. The van der Waals surface area contributed by atoms with Crippen molar-refractivity contribution in [1.82, 2.24) is 4.57 Å². The van der Waals surface area contributed by atoms with Gasteiger partial charge in [0.05, 0.1) is 0 Å². The highest BCUT2D eigenvalue weighted by Crippen LogP contribution is 2.24. The van der Waals surface area contributed by atoms with Crippen LogP contribution in [0.25, 0.3) is 6.08 Å². The van der Waals surface area contributed by atoms with E-state index in [1.807, 2.05) is 6.08 Å². The van der Waals surface area contributed by atoms with Crippen LogP contribution in [0.1, 0.15) is 39.3 Å². The molecule has 0 atom stereocenters. The molecule has 0 bridgehead atoms. The van der Waals surface area contributed by atoms with E-state index >= 15 is 0 Å². The summed E-state index contributed by atoms with van der Waals surface area (Å²) in [6.07, 6.45) is 6.45. The van der Waals surface area contributed by atoms with Crippen LogP contribution < -0.4 is 0 Å². The first-order valence-electron chi connectivity index (χ1n) is 4.92. The highest BCUT2D eigenvalue weighted by molar-refractivity contribution is 5.43. The molecule has 1 nitrogen and oxygen atoms in total. The first kappa shape index (κ1) is 10.1. The lowest BCUT2D eigenvalue weighted by molar-refractivity contribution is 0.323. The molecular weight excluding hydrogens is 158 g/mol. The summed E-state index contributed by atoms with van der Waals surface area (Å²) in [4.78, 5) is 0. The second kappa shape index (κ2) is 3.82. The van der Waals surface area contributed by atoms with Crippen molar-refractivity contribution in [3.63, 3.8) is 0 Å². The molecule has 1 rings (SSSR count). The van der Waals surface area contributed by atoms with Gasteiger partial charge < -0.3 is 4.57 Å². The Morgan fingerprint density at radius 3 is 2.77 bits per heavy atom. The molecule has 0 amide bonds. The predicted octanol–water partition coefficient (Wildman–Crippen LogP) is 3.67. The molecule has 0 unspecified atom stereocenters. The Bertz CT molecular complexity index is 281. The molecule has 0 fully saturated rings. The smallest absolute Gasteiger partial charge is 0.0405 e. The third kappa shape index (κ3) is 2.03. The van der Waals surface area contributed by atoms with Crippen LogP contribution in [0, 0.1) is 0 Å². The van der Waals surface area contributed by atoms with Crippen LogP contribution in [-0.4, -0.2) is 4.57 Å². The van der Waals surface area contributed by atoms with Crippen molar-refractivity contribution in [2.75, 3.05) is 0 Å². The van der Waals surface area contributed by atoms with Crippen LogP contribution >= 0.6 is 0 Å². The molecular formula is C12H19N. The number of aromatic nitrogens is 1. The van der Waals surface area contributed by atoms with Crippen molar-refractivity contribution in [1.29, 1.82) is 0 Å². The van der Waals surface area contributed by atoms with Crippen molar-refractivity contribution in [2.45, 2.75) is 39.2 Å². The normalized spacial score (nSPS) is 11.6. The lowest BCUT2D eigenvalue weighted by atomic mass is 9.98. The molecule has 1 aromatic rings. The molecule has 0 aliphatic rings. The molecule has 0 spiro atoms. The maximum Gasteiger partial charge on any atom is 0.0405 e. The zero-order chi connectivity index (χ0) is 9.90. The zero-order valence-electron chi connectivity index (χ0n) is 8.88. The Morgan fingerprint density at radius 2 is 2.23 bits per heavy atom. The highest BCUT2D eigenvalue weighted by Gasteiger charge is 2.19. The highest BCUT2D eigenvalue weighted by atomic mass is 15.0. The van der Waals surface area contributed by atoms with E-state index in [1.54, 1.807) is 0 Å². The average molecular weight is 177 g/mol. The van der Waals surface area contributed by atoms with Gasteiger partial charge in [-0.1, -0.05) is 19.9 Å². The van der Waals surface area contributed by atoms with E-state index in [-0.39, 0.29) is 5.54 Å². The van der Waals surface area contributed by atoms with Crippen LogP contribution in [0.2, 0.25) is 0 Å². The van der Waals surface area contributed by atoms with Gasteiger partial charge in [-0.15, -0.1) is 0 Å². The van der Waals surface area contributed by atoms with Gasteiger partial charge in [-0.25, -0.2) is 0 Å². The van der Waals surface area contributed by atoms with Crippen LogP contribution in [0.5, 0.6) is 0 Å². The van der Waals surface area contributed by atoms with E-state index in [0.29, 0.717) is 0 Å². The molecule has 0 aromatic carbocycles. The lowest BCUT2D eigenvalue weighted by Gasteiger charge is -2.28. The van der Waals surface area contributed by atoms with Crippen LogP contribution in [0.3, 0.4) is 0 Å². The molecule has 0 N–H and O–H groups in total. The Kier molecular flexibility index (Phi) is 2.97. The van der Waals surface area contributed by atoms with Gasteiger partial charge in [0.15, 0.2) is 0 Å². The molecule has 1 aromatic heterocycles. The van der Waals surface area contributed by atoms with E-state index in [4.69, 9.17) is 0 Å². The summed E-state index contributed by atoms with van der Waals surface area (Å²) in [6.45, 7) is 10.6. The lowest BCUT2D eigenvalue weighted by Crippen LogP contribution is -2.26. The van der Waals surface area contributed by atoms with Crippen LogP contribution in [0.15, 0.2) is 24.9 Å². The summed E-state index contributed by atoms with van der Waals surface area (Å²) < 4.78 is 2.30. The van der Waals surface area contributed by atoms with Crippen LogP contribution in [-0.2, 0) is 5.54 Å². The number of rotatable bonds is 4. The SMILES string of the molecule is C=Cc1cccn1C(C)(C)CCC. The van der Waals surface area contributed by atoms with Gasteiger partial charge in [0, 0.05) is 17.4 Å². The number of hydrogen-bond acceptors (Lipinski definition) is 0. The van der Waals surface area contributed by atoms with E-state index in [2.05, 4.69) is 50.2 Å². The summed E-state index contributed by atoms with van der Waals surface area (Å²) in [6, 6.07) is 4.18. The second-order valence-electron chi connectivity index (χ2n) is 4.07. The van der Waals surface area contributed by atoms with Crippen molar-refractivity contribution < 1.29 is 0 Å². The summed E-state index contributed by atoms with van der Waals surface area (Å²) in [5.41, 5.74) is 1.42. The van der Waals surface area contributed by atoms with E-state index in [0.717, 1.165) is 0 Å². The van der Waals surface area contributed by atoms with E-state index in [9.17, 15) is 0 Å². The van der Waals surface area contributed by atoms with Crippen molar-refractivity contribution in [3.05, 3.63) is 30.6 Å². The molecule has 0 saturated heterocycles. The van der Waals surface area contributed by atoms with Crippen molar-refractivity contribution in [3.8, 4) is 0 Å². The van der Waals surface area contributed by atoms with Gasteiger partial charge in [-0.3, -0.25) is 0 Å². The van der Waals surface area contributed by atoms with Gasteiger partial charge >= 0.3 is 0 Å². The predicted molar refractivity (Wildman–Crippen MR) is 58.8 cm³/mol. The Hall–Kier alpha value is -0.980. The molecule has 1 heteroatoms. The minimum atomic E-state index is 0.210. The molecule has 0 saturated carbocycles. The van der Waals surface area contributed by atoms with Gasteiger partial charge in [0.25, 0.3) is 0 Å². The minimum Gasteiger partial charge on any atom is -0.342 e. The fourth-order valence-corrected chi connectivity index (χ4v) is 1.84. The van der Waals surface area contributed by atoms with Gasteiger partial charge in [-0.05, 0) is 38.5 Å². The summed E-state index contributed by atoms with van der Waals surface area (Å²) in [7, 11) is 0. The monoisotopic (exact) mass is 177 g/mol. The fourth-order valence-electron chi connectivity index (χ4n) is 1.84. The number of hydrogen-bond donors (Lipinski definition) is 0. The molecule has 0 aliphatic carbocycles. The van der Waals surface area contributed by atoms with Gasteiger partial charge in [0.2, 0.25) is 0 Å². The summed E-state index contributed by atoms with van der Waals surface area (Å²) in [5, 5.41) is 0. The minimum absolute atomic E-state index is 0.210. The second-order valence-corrected chi connectivity index (χ2v) is 4.07.